The van der Waals surface area contributed by atoms with Gasteiger partial charge in [0.1, 0.15) is 18.3 Å². The Hall–Kier alpha value is -1.46. The average molecular weight is 759 g/mol. The number of methoxy groups -OCH3 is 1. The van der Waals surface area contributed by atoms with Crippen molar-refractivity contribution in [2.45, 2.75) is 179 Å². The topological polar surface area (TPSA) is 189 Å². The minimum Gasteiger partial charge on any atom is -0.461 e. The molecule has 14 nitrogen and oxygen atoms in total. The minimum atomic E-state index is -1.69. The molecule has 4 aliphatic rings. The standard InChI is InChI=1S/C39H70N2O12/c1-19-17-38(8,46)35(53-37-31(43)27(41(10)11)16-20(2)49-37)23(5)32(51-28-18-39(9,48-12)34(44)25(7)50-28)24(6)36(45)52-33(26-14-13-15-26)22(4)30(42)21(3)29(19)40-47/h19-28,30-35,37,42-44,46-47H,13-18H2,1-12H3/b40-29-/t19-,20+,21+,22-,23+,24-,25+,27-,28+,30-,31+,32+,33+,34+,35-,37-,38-,39-/m1/s1. The zero-order chi connectivity index (χ0) is 39.7. The first-order chi connectivity index (χ1) is 24.7. The summed E-state index contributed by atoms with van der Waals surface area (Å²) in [5.41, 5.74) is -2.41. The Morgan fingerprint density at radius 1 is 0.887 bits per heavy atom. The summed E-state index contributed by atoms with van der Waals surface area (Å²) in [6, 6.07) is -0.293. The van der Waals surface area contributed by atoms with Gasteiger partial charge in [-0.2, -0.15) is 0 Å². The quantitative estimate of drug-likeness (QED) is 0.145. The maximum Gasteiger partial charge on any atom is 0.311 e. The summed E-state index contributed by atoms with van der Waals surface area (Å²) in [6.45, 7) is 16.0. The molecule has 0 amide bonds. The zero-order valence-electron chi connectivity index (χ0n) is 34.0. The summed E-state index contributed by atoms with van der Waals surface area (Å²) >= 11 is 0. The van der Waals surface area contributed by atoms with Gasteiger partial charge in [0.25, 0.3) is 0 Å². The molecule has 308 valence electrons. The van der Waals surface area contributed by atoms with Crippen molar-refractivity contribution in [3.63, 3.8) is 0 Å². The van der Waals surface area contributed by atoms with E-state index in [4.69, 9.17) is 28.4 Å². The average Bonchev–Trinajstić information content (AvgIpc) is 3.06. The van der Waals surface area contributed by atoms with E-state index in [0.29, 0.717) is 12.1 Å². The van der Waals surface area contributed by atoms with Crippen LogP contribution in [0.1, 0.15) is 101 Å². The summed E-state index contributed by atoms with van der Waals surface area (Å²) in [5.74, 6) is -3.82. The fourth-order valence-corrected chi connectivity index (χ4v) is 9.36. The second-order valence-corrected chi connectivity index (χ2v) is 17.5. The maximum atomic E-state index is 14.4. The molecule has 14 heteroatoms. The molecule has 3 aliphatic heterocycles. The second-order valence-electron chi connectivity index (χ2n) is 17.5. The van der Waals surface area contributed by atoms with E-state index in [1.807, 2.05) is 46.7 Å². The molecular weight excluding hydrogens is 688 g/mol. The number of ether oxygens (including phenoxy) is 6. The molecule has 1 aliphatic carbocycles. The number of nitrogens with zero attached hydrogens (tertiary/aromatic N) is 2. The van der Waals surface area contributed by atoms with Crippen molar-refractivity contribution >= 4 is 11.7 Å². The second kappa shape index (κ2) is 17.8. The molecule has 1 saturated carbocycles. The number of aliphatic hydroxyl groups excluding tert-OH is 3. The van der Waals surface area contributed by atoms with Gasteiger partial charge in [-0.3, -0.25) is 4.79 Å². The monoisotopic (exact) mass is 758 g/mol. The largest absolute Gasteiger partial charge is 0.461 e. The number of likely N-dealkylation sites (N-methyl/N-ethyl adjacent to an activating group) is 1. The lowest BCUT2D eigenvalue weighted by atomic mass is 9.71. The van der Waals surface area contributed by atoms with E-state index >= 15 is 0 Å². The molecule has 0 aromatic carbocycles. The summed E-state index contributed by atoms with van der Waals surface area (Å²) in [7, 11) is 5.27. The highest BCUT2D eigenvalue weighted by Gasteiger charge is 2.52. The van der Waals surface area contributed by atoms with Crippen LogP contribution in [0.5, 0.6) is 0 Å². The smallest absolute Gasteiger partial charge is 0.311 e. The van der Waals surface area contributed by atoms with E-state index < -0.39 is 102 Å². The van der Waals surface area contributed by atoms with Crippen LogP contribution in [0.15, 0.2) is 5.16 Å². The molecule has 0 aromatic rings. The van der Waals surface area contributed by atoms with Crippen molar-refractivity contribution < 1.29 is 58.8 Å². The van der Waals surface area contributed by atoms with Gasteiger partial charge in [-0.25, -0.2) is 0 Å². The van der Waals surface area contributed by atoms with Gasteiger partial charge in [0.05, 0.1) is 53.4 Å². The third kappa shape index (κ3) is 9.57. The number of hydrogen-bond donors (Lipinski definition) is 5. The predicted molar refractivity (Wildman–Crippen MR) is 196 cm³/mol. The van der Waals surface area contributed by atoms with E-state index in [1.165, 1.54) is 7.11 Å². The van der Waals surface area contributed by atoms with Gasteiger partial charge in [0.15, 0.2) is 12.6 Å². The van der Waals surface area contributed by atoms with Crippen molar-refractivity contribution in [3.05, 3.63) is 0 Å². The van der Waals surface area contributed by atoms with Crippen molar-refractivity contribution in [3.8, 4) is 0 Å². The fourth-order valence-electron chi connectivity index (χ4n) is 9.36. The highest BCUT2D eigenvalue weighted by Crippen LogP contribution is 2.42. The number of carbonyl (C=O) groups is 1. The Balaban J connectivity index is 1.83. The molecule has 0 radical (unpaired) electrons. The molecule has 18 atom stereocenters. The Morgan fingerprint density at radius 3 is 2.08 bits per heavy atom. The van der Waals surface area contributed by atoms with Gasteiger partial charge in [0, 0.05) is 43.2 Å². The Labute approximate surface area is 316 Å². The molecule has 4 fully saturated rings. The van der Waals surface area contributed by atoms with Crippen LogP contribution in [0, 0.1) is 35.5 Å². The summed E-state index contributed by atoms with van der Waals surface area (Å²) in [5, 5.41) is 60.8. The normalized spacial score (nSPS) is 49.3. The van der Waals surface area contributed by atoms with Crippen LogP contribution in [-0.2, 0) is 33.2 Å². The maximum absolute atomic E-state index is 14.4. The number of oxime groups is 1. The summed E-state index contributed by atoms with van der Waals surface area (Å²) in [4.78, 5) is 16.3. The number of carbonyl (C=O) groups excluding carboxylic acids is 1. The first kappa shape index (κ1) is 44.3. The number of rotatable bonds is 7. The van der Waals surface area contributed by atoms with Crippen LogP contribution in [0.3, 0.4) is 0 Å². The van der Waals surface area contributed by atoms with Crippen LogP contribution in [-0.4, -0.2) is 142 Å². The van der Waals surface area contributed by atoms with E-state index in [2.05, 4.69) is 5.16 Å². The first-order valence-corrected chi connectivity index (χ1v) is 19.7. The third-order valence-electron chi connectivity index (χ3n) is 13.1. The van der Waals surface area contributed by atoms with Crippen molar-refractivity contribution in [1.29, 1.82) is 0 Å². The van der Waals surface area contributed by atoms with E-state index in [1.54, 1.807) is 34.6 Å². The Bertz CT molecular complexity index is 1230. The van der Waals surface area contributed by atoms with Gasteiger partial charge in [-0.1, -0.05) is 39.3 Å². The molecular formula is C39H70N2O12. The van der Waals surface area contributed by atoms with E-state index in [0.717, 1.165) is 19.3 Å². The molecule has 3 heterocycles. The lowest BCUT2D eigenvalue weighted by molar-refractivity contribution is -0.317. The SMILES string of the molecule is CO[C@]1(C)C[C@H](O[C@H]2[C@H](C)[C@@H](O[C@H]3O[C@@H](C)C[C@@H](N(C)C)[C@@H]3O)[C@](C)(O)C[C@@H](C)/C(=N/O)[C@H](C)[C@@H](O)[C@@H](C)[C@@H](C3CCC3)OC(=O)[C@@H]2C)O[C@@H](C)[C@@H]1O. The van der Waals surface area contributed by atoms with Crippen LogP contribution >= 0.6 is 0 Å². The lowest BCUT2D eigenvalue weighted by Crippen LogP contribution is -2.60. The lowest BCUT2D eigenvalue weighted by Gasteiger charge is -2.49. The Kier molecular flexibility index (Phi) is 14.8. The molecule has 3 saturated heterocycles. The number of esters is 1. The number of aliphatic hydroxyl groups is 4. The molecule has 0 bridgehead atoms. The summed E-state index contributed by atoms with van der Waals surface area (Å²) < 4.78 is 38.0. The molecule has 5 N–H and O–H groups in total. The first-order valence-electron chi connectivity index (χ1n) is 19.7. The van der Waals surface area contributed by atoms with Gasteiger partial charge in [-0.15, -0.1) is 0 Å². The van der Waals surface area contributed by atoms with Gasteiger partial charge in [-0.05, 0) is 80.3 Å². The predicted octanol–water partition coefficient (Wildman–Crippen LogP) is 3.32. The molecule has 0 aromatic heterocycles. The highest BCUT2D eigenvalue weighted by atomic mass is 16.7. The fraction of sp³-hybridized carbons (Fsp3) is 0.949. The zero-order valence-corrected chi connectivity index (χ0v) is 34.0. The van der Waals surface area contributed by atoms with Crippen LogP contribution in [0.2, 0.25) is 0 Å². The number of hydrogen-bond acceptors (Lipinski definition) is 14. The van der Waals surface area contributed by atoms with Crippen molar-refractivity contribution in [2.24, 2.45) is 40.7 Å². The van der Waals surface area contributed by atoms with Gasteiger partial charge < -0.3 is 59.0 Å². The molecule has 0 spiro atoms. The van der Waals surface area contributed by atoms with E-state index in [-0.39, 0.29) is 30.9 Å². The molecule has 0 unspecified atom stereocenters. The van der Waals surface area contributed by atoms with Gasteiger partial charge in [0.2, 0.25) is 0 Å². The molecule has 4 rings (SSSR count). The minimum absolute atomic E-state index is 0.0326. The van der Waals surface area contributed by atoms with Crippen LogP contribution in [0.4, 0.5) is 0 Å². The van der Waals surface area contributed by atoms with Crippen molar-refractivity contribution in [2.75, 3.05) is 21.2 Å². The third-order valence-corrected chi connectivity index (χ3v) is 13.1. The Morgan fingerprint density at radius 2 is 1.53 bits per heavy atom. The van der Waals surface area contributed by atoms with Crippen LogP contribution < -0.4 is 0 Å². The number of cyclic esters (lactones) is 1. The van der Waals surface area contributed by atoms with Crippen LogP contribution in [0.25, 0.3) is 0 Å². The van der Waals surface area contributed by atoms with E-state index in [9.17, 15) is 30.4 Å². The highest BCUT2D eigenvalue weighted by molar-refractivity contribution is 5.88. The summed E-state index contributed by atoms with van der Waals surface area (Å²) in [6.07, 6.45) is -5.30. The van der Waals surface area contributed by atoms with Gasteiger partial charge >= 0.3 is 5.97 Å². The van der Waals surface area contributed by atoms with Crippen molar-refractivity contribution in [1.82, 2.24) is 4.90 Å². The molecule has 53 heavy (non-hydrogen) atoms.